The number of fused-ring (bicyclic) bond motifs is 2. The van der Waals surface area contributed by atoms with E-state index in [0.29, 0.717) is 11.8 Å². The van der Waals surface area contributed by atoms with Crippen LogP contribution in [0.3, 0.4) is 0 Å². The molecule has 3 aliphatic rings. The molecule has 4 atom stereocenters. The molecule has 1 amide bonds. The highest BCUT2D eigenvalue weighted by atomic mass is 16.5. The maximum Gasteiger partial charge on any atom is 0.217 e. The Hall–Kier alpha value is -1.92. The van der Waals surface area contributed by atoms with Crippen molar-refractivity contribution >= 4 is 16.9 Å². The van der Waals surface area contributed by atoms with Crippen molar-refractivity contribution < 1.29 is 9.53 Å². The molecule has 2 saturated carbocycles. The zero-order valence-corrected chi connectivity index (χ0v) is 16.6. The minimum atomic E-state index is 0.0572. The van der Waals surface area contributed by atoms with Crippen LogP contribution >= 0.6 is 0 Å². The number of pyridine rings is 1. The number of carbonyl (C=O) groups excluding carboxylic acids is 1. The molecule has 6 nitrogen and oxygen atoms in total. The van der Waals surface area contributed by atoms with E-state index in [1.165, 1.54) is 12.8 Å². The van der Waals surface area contributed by atoms with Crippen molar-refractivity contribution in [3.8, 4) is 0 Å². The first-order valence-corrected chi connectivity index (χ1v) is 10.7. The van der Waals surface area contributed by atoms with Gasteiger partial charge in [-0.1, -0.05) is 0 Å². The Bertz CT molecular complexity index is 846. The molecule has 2 aromatic rings. The summed E-state index contributed by atoms with van der Waals surface area (Å²) in [5.74, 6) is 2.10. The normalized spacial score (nSPS) is 30.5. The van der Waals surface area contributed by atoms with Crippen molar-refractivity contribution in [1.29, 1.82) is 0 Å². The van der Waals surface area contributed by atoms with Crippen LogP contribution in [-0.4, -0.2) is 52.6 Å². The van der Waals surface area contributed by atoms with Gasteiger partial charge in [0, 0.05) is 44.7 Å². The van der Waals surface area contributed by atoms with Crippen molar-refractivity contribution in [2.45, 2.75) is 51.3 Å². The van der Waals surface area contributed by atoms with Crippen LogP contribution in [0.1, 0.15) is 38.3 Å². The number of hydrogen-bond donors (Lipinski definition) is 2. The van der Waals surface area contributed by atoms with Gasteiger partial charge in [-0.15, -0.1) is 0 Å². The number of amides is 1. The standard InChI is InChI=1S/C22H30N4O2/c1-14(27)24-20-8-17-10-26(11-18(17)9-21(20)28-13-15-2-3-15)12-19-5-4-16-6-7-23-22(16)25-19/h4-7,15,17-18,20-21H,2-3,8-13H2,1H3,(H,23,25)(H,24,27)/t17-,18+,20-,21-/m1/s1. The van der Waals surface area contributed by atoms with Gasteiger partial charge in [-0.2, -0.15) is 0 Å². The highest BCUT2D eigenvalue weighted by Gasteiger charge is 2.43. The van der Waals surface area contributed by atoms with Crippen LogP contribution < -0.4 is 5.32 Å². The smallest absolute Gasteiger partial charge is 0.217 e. The summed E-state index contributed by atoms with van der Waals surface area (Å²) in [6.07, 6.45) is 6.79. The van der Waals surface area contributed by atoms with Gasteiger partial charge in [0.1, 0.15) is 5.65 Å². The monoisotopic (exact) mass is 382 g/mol. The Morgan fingerprint density at radius 1 is 1.25 bits per heavy atom. The van der Waals surface area contributed by atoms with E-state index >= 15 is 0 Å². The van der Waals surface area contributed by atoms with Crippen LogP contribution in [0.25, 0.3) is 11.0 Å². The second-order valence-electron chi connectivity index (χ2n) is 9.03. The number of aromatic amines is 1. The van der Waals surface area contributed by atoms with Crippen molar-refractivity contribution in [2.24, 2.45) is 17.8 Å². The molecule has 6 heteroatoms. The molecule has 2 N–H and O–H groups in total. The zero-order valence-electron chi connectivity index (χ0n) is 16.6. The minimum Gasteiger partial charge on any atom is -0.376 e. The predicted molar refractivity (Wildman–Crippen MR) is 108 cm³/mol. The topological polar surface area (TPSA) is 70.2 Å². The number of aromatic nitrogens is 2. The average molecular weight is 383 g/mol. The lowest BCUT2D eigenvalue weighted by Crippen LogP contribution is -2.50. The Morgan fingerprint density at radius 3 is 2.86 bits per heavy atom. The summed E-state index contributed by atoms with van der Waals surface area (Å²) in [7, 11) is 0. The van der Waals surface area contributed by atoms with Gasteiger partial charge >= 0.3 is 0 Å². The fraction of sp³-hybridized carbons (Fsp3) is 0.636. The minimum absolute atomic E-state index is 0.0572. The second-order valence-corrected chi connectivity index (χ2v) is 9.03. The van der Waals surface area contributed by atoms with E-state index in [1.54, 1.807) is 6.92 Å². The molecule has 3 heterocycles. The molecule has 0 aromatic carbocycles. The van der Waals surface area contributed by atoms with E-state index in [9.17, 15) is 4.79 Å². The van der Waals surface area contributed by atoms with Crippen LogP contribution in [0.15, 0.2) is 24.4 Å². The summed E-state index contributed by atoms with van der Waals surface area (Å²) in [5, 5.41) is 4.33. The van der Waals surface area contributed by atoms with E-state index < -0.39 is 0 Å². The number of likely N-dealkylation sites (tertiary alicyclic amines) is 1. The predicted octanol–water partition coefficient (Wildman–Crippen LogP) is 2.70. The van der Waals surface area contributed by atoms with Crippen LogP contribution in [0.2, 0.25) is 0 Å². The second kappa shape index (κ2) is 7.48. The van der Waals surface area contributed by atoms with Gasteiger partial charge in [0.05, 0.1) is 17.8 Å². The molecule has 3 fully saturated rings. The van der Waals surface area contributed by atoms with Crippen LogP contribution in [0, 0.1) is 17.8 Å². The molecule has 0 unspecified atom stereocenters. The number of hydrogen-bond acceptors (Lipinski definition) is 4. The molecule has 2 aromatic heterocycles. The summed E-state index contributed by atoms with van der Waals surface area (Å²) in [6, 6.07) is 6.50. The third kappa shape index (κ3) is 3.94. The Labute approximate surface area is 166 Å². The molecule has 2 aliphatic carbocycles. The Kier molecular flexibility index (Phi) is 4.85. The molecule has 28 heavy (non-hydrogen) atoms. The van der Waals surface area contributed by atoms with E-state index in [-0.39, 0.29) is 18.1 Å². The number of rotatable bonds is 6. The van der Waals surface area contributed by atoms with Gasteiger partial charge in [0.2, 0.25) is 5.91 Å². The molecule has 1 saturated heterocycles. The van der Waals surface area contributed by atoms with Crippen LogP contribution in [-0.2, 0) is 16.1 Å². The fourth-order valence-electron chi connectivity index (χ4n) is 5.07. The summed E-state index contributed by atoms with van der Waals surface area (Å²) in [6.45, 7) is 5.56. The number of nitrogens with zero attached hydrogens (tertiary/aromatic N) is 2. The average Bonchev–Trinajstić information content (AvgIpc) is 3.23. The highest BCUT2D eigenvalue weighted by Crippen LogP contribution is 2.39. The van der Waals surface area contributed by atoms with E-state index in [0.717, 1.165) is 61.7 Å². The van der Waals surface area contributed by atoms with Gasteiger partial charge in [-0.05, 0) is 61.6 Å². The lowest BCUT2D eigenvalue weighted by Gasteiger charge is -2.38. The van der Waals surface area contributed by atoms with Crippen LogP contribution in [0.5, 0.6) is 0 Å². The Balaban J connectivity index is 1.23. The summed E-state index contributed by atoms with van der Waals surface area (Å²) in [5.41, 5.74) is 2.09. The van der Waals surface area contributed by atoms with Gasteiger partial charge in [-0.3, -0.25) is 9.69 Å². The molecule has 0 bridgehead atoms. The molecular formula is C22H30N4O2. The maximum atomic E-state index is 11.7. The molecule has 5 rings (SSSR count). The molecule has 0 spiro atoms. The fourth-order valence-corrected chi connectivity index (χ4v) is 5.07. The van der Waals surface area contributed by atoms with Gasteiger partial charge < -0.3 is 15.0 Å². The SMILES string of the molecule is CC(=O)N[C@@H]1C[C@@H]2CN(Cc3ccc4cc[nH]c4n3)C[C@@H]2C[C@H]1OCC1CC1. The van der Waals surface area contributed by atoms with E-state index in [1.807, 2.05) is 6.20 Å². The van der Waals surface area contributed by atoms with Crippen LogP contribution in [0.4, 0.5) is 0 Å². The van der Waals surface area contributed by atoms with E-state index in [2.05, 4.69) is 33.4 Å². The van der Waals surface area contributed by atoms with Gasteiger partial charge in [0.25, 0.3) is 0 Å². The first-order valence-electron chi connectivity index (χ1n) is 10.7. The van der Waals surface area contributed by atoms with Gasteiger partial charge in [-0.25, -0.2) is 4.98 Å². The third-order valence-corrected chi connectivity index (χ3v) is 6.68. The summed E-state index contributed by atoms with van der Waals surface area (Å²) in [4.78, 5) is 22.2. The molecule has 1 aliphatic heterocycles. The third-order valence-electron chi connectivity index (χ3n) is 6.68. The molecular weight excluding hydrogens is 352 g/mol. The number of H-pyrrole nitrogens is 1. The van der Waals surface area contributed by atoms with Crippen molar-refractivity contribution in [3.63, 3.8) is 0 Å². The first-order chi connectivity index (χ1) is 13.6. The summed E-state index contributed by atoms with van der Waals surface area (Å²) < 4.78 is 6.27. The molecule has 0 radical (unpaired) electrons. The number of ether oxygens (including phenoxy) is 1. The quantitative estimate of drug-likeness (QED) is 0.806. The van der Waals surface area contributed by atoms with Crippen molar-refractivity contribution in [2.75, 3.05) is 19.7 Å². The first kappa shape index (κ1) is 18.1. The van der Waals surface area contributed by atoms with Crippen molar-refractivity contribution in [3.05, 3.63) is 30.1 Å². The van der Waals surface area contributed by atoms with Crippen molar-refractivity contribution in [1.82, 2.24) is 20.2 Å². The number of nitrogens with one attached hydrogen (secondary N) is 2. The van der Waals surface area contributed by atoms with Gasteiger partial charge in [0.15, 0.2) is 0 Å². The van der Waals surface area contributed by atoms with E-state index in [4.69, 9.17) is 9.72 Å². The number of carbonyl (C=O) groups is 1. The maximum absolute atomic E-state index is 11.7. The largest absolute Gasteiger partial charge is 0.376 e. The summed E-state index contributed by atoms with van der Waals surface area (Å²) >= 11 is 0. The lowest BCUT2D eigenvalue weighted by molar-refractivity contribution is -0.122. The molecule has 150 valence electrons. The Morgan fingerprint density at radius 2 is 2.07 bits per heavy atom. The lowest BCUT2D eigenvalue weighted by atomic mass is 9.77. The highest BCUT2D eigenvalue weighted by molar-refractivity contribution is 5.75. The zero-order chi connectivity index (χ0) is 19.1.